The summed E-state index contributed by atoms with van der Waals surface area (Å²) < 4.78 is 7.21. The molecule has 0 saturated heterocycles. The Labute approximate surface area is 201 Å². The lowest BCUT2D eigenvalue weighted by Gasteiger charge is -2.30. The van der Waals surface area contributed by atoms with Crippen LogP contribution in [-0.4, -0.2) is 31.9 Å². The number of carbonyl (C=O) groups excluding carboxylic acids is 1. The maximum atomic E-state index is 13.0. The number of hydrogen-bond acceptors (Lipinski definition) is 6. The molecule has 0 bridgehead atoms. The van der Waals surface area contributed by atoms with Crippen LogP contribution >= 0.6 is 12.2 Å². The number of esters is 1. The summed E-state index contributed by atoms with van der Waals surface area (Å²) >= 11 is 5.38. The van der Waals surface area contributed by atoms with Crippen molar-refractivity contribution in [1.29, 1.82) is 0 Å². The molecular formula is C24H23N5O4S. The van der Waals surface area contributed by atoms with Crippen LogP contribution in [0.25, 0.3) is 16.9 Å². The molecule has 0 fully saturated rings. The molecule has 34 heavy (non-hydrogen) atoms. The van der Waals surface area contributed by atoms with Crippen molar-refractivity contribution in [3.63, 3.8) is 0 Å². The van der Waals surface area contributed by atoms with Gasteiger partial charge in [0, 0.05) is 35.2 Å². The number of para-hydroxylation sites is 1. The number of hydrogen-bond donors (Lipinski definition) is 2. The highest BCUT2D eigenvalue weighted by atomic mass is 32.1. The van der Waals surface area contributed by atoms with E-state index in [0.29, 0.717) is 33.2 Å². The third-order valence-electron chi connectivity index (χ3n) is 5.26. The highest BCUT2D eigenvalue weighted by Crippen LogP contribution is 2.35. The van der Waals surface area contributed by atoms with Crippen LogP contribution in [0.4, 0.5) is 5.69 Å². The SMILES string of the molecule is CC1=C(C(=O)OC(C)C)[C@@H](c2cn(-c3ccccc3)nc2-c2ccc([N+](=O)[O-])cc2)NC(=S)N1. The largest absolute Gasteiger partial charge is 0.459 e. The fraction of sp³-hybridized carbons (Fsp3) is 0.208. The lowest BCUT2D eigenvalue weighted by molar-refractivity contribution is -0.384. The number of aromatic nitrogens is 2. The van der Waals surface area contributed by atoms with Gasteiger partial charge in [0.15, 0.2) is 5.11 Å². The number of ether oxygens (including phenoxy) is 1. The van der Waals surface area contributed by atoms with Crippen LogP contribution in [-0.2, 0) is 9.53 Å². The van der Waals surface area contributed by atoms with Crippen LogP contribution in [0.3, 0.4) is 0 Å². The average Bonchev–Trinajstić information content (AvgIpc) is 3.24. The zero-order chi connectivity index (χ0) is 24.4. The minimum Gasteiger partial charge on any atom is -0.459 e. The number of non-ortho nitro benzene ring substituents is 1. The summed E-state index contributed by atoms with van der Waals surface area (Å²) in [6, 6.07) is 15.0. The third kappa shape index (κ3) is 4.67. The van der Waals surface area contributed by atoms with Crippen LogP contribution in [0.15, 0.2) is 72.1 Å². The Kier molecular flexibility index (Phi) is 6.42. The number of nitro benzene ring substituents is 1. The highest BCUT2D eigenvalue weighted by Gasteiger charge is 2.34. The van der Waals surface area contributed by atoms with Crippen LogP contribution < -0.4 is 10.6 Å². The first-order chi connectivity index (χ1) is 16.2. The predicted octanol–water partition coefficient (Wildman–Crippen LogP) is 4.19. The molecule has 1 aliphatic rings. The van der Waals surface area contributed by atoms with Gasteiger partial charge < -0.3 is 15.4 Å². The number of nitrogens with one attached hydrogen (secondary N) is 2. The number of nitrogens with zero attached hydrogens (tertiary/aromatic N) is 3. The molecule has 2 heterocycles. The third-order valence-corrected chi connectivity index (χ3v) is 5.48. The Balaban J connectivity index is 1.88. The van der Waals surface area contributed by atoms with Gasteiger partial charge in [0.1, 0.15) is 0 Å². The van der Waals surface area contributed by atoms with Crippen molar-refractivity contribution in [2.24, 2.45) is 0 Å². The van der Waals surface area contributed by atoms with Crippen LogP contribution in [0.5, 0.6) is 0 Å². The fourth-order valence-electron chi connectivity index (χ4n) is 3.75. The minimum atomic E-state index is -0.636. The monoisotopic (exact) mass is 477 g/mol. The van der Waals surface area contributed by atoms with E-state index >= 15 is 0 Å². The molecule has 174 valence electrons. The Bertz CT molecular complexity index is 1280. The molecule has 3 aromatic rings. The number of nitro groups is 1. The standard InChI is InChI=1S/C24H23N5O4S/c1-14(2)33-23(30)20-15(3)25-24(34)26-22(20)19-13-28(17-7-5-4-6-8-17)27-21(19)16-9-11-18(12-10-16)29(31)32/h4-14,22H,1-3H3,(H2,25,26,34)/t22-/m1/s1. The van der Waals surface area contributed by atoms with Gasteiger partial charge in [0.05, 0.1) is 34.0 Å². The zero-order valence-corrected chi connectivity index (χ0v) is 19.6. The summed E-state index contributed by atoms with van der Waals surface area (Å²) in [5.41, 5.74) is 3.67. The first kappa shape index (κ1) is 23.1. The van der Waals surface area contributed by atoms with E-state index in [4.69, 9.17) is 22.1 Å². The lowest BCUT2D eigenvalue weighted by Crippen LogP contribution is -2.45. The van der Waals surface area contributed by atoms with Crippen molar-refractivity contribution in [3.05, 3.63) is 87.7 Å². The van der Waals surface area contributed by atoms with Gasteiger partial charge in [-0.05, 0) is 57.3 Å². The predicted molar refractivity (Wildman–Crippen MR) is 131 cm³/mol. The summed E-state index contributed by atoms with van der Waals surface area (Å²) in [5.74, 6) is -0.470. The summed E-state index contributed by atoms with van der Waals surface area (Å²) in [4.78, 5) is 23.7. The van der Waals surface area contributed by atoms with Crippen molar-refractivity contribution in [1.82, 2.24) is 20.4 Å². The van der Waals surface area contributed by atoms with Gasteiger partial charge in [0.2, 0.25) is 0 Å². The zero-order valence-electron chi connectivity index (χ0n) is 18.8. The number of thiocarbonyl (C=S) groups is 1. The highest BCUT2D eigenvalue weighted by molar-refractivity contribution is 7.80. The van der Waals surface area contributed by atoms with Crippen molar-refractivity contribution >= 4 is 29.0 Å². The number of carbonyl (C=O) groups is 1. The molecule has 10 heteroatoms. The number of benzene rings is 2. The number of rotatable bonds is 6. The van der Waals surface area contributed by atoms with E-state index in [9.17, 15) is 14.9 Å². The second-order valence-corrected chi connectivity index (χ2v) is 8.45. The second-order valence-electron chi connectivity index (χ2n) is 8.04. The van der Waals surface area contributed by atoms with Crippen LogP contribution in [0.2, 0.25) is 0 Å². The topological polar surface area (TPSA) is 111 Å². The van der Waals surface area contributed by atoms with Gasteiger partial charge in [-0.2, -0.15) is 5.10 Å². The van der Waals surface area contributed by atoms with Gasteiger partial charge in [-0.25, -0.2) is 9.48 Å². The van der Waals surface area contributed by atoms with Gasteiger partial charge in [0.25, 0.3) is 5.69 Å². The molecule has 0 aliphatic carbocycles. The normalized spacial score (nSPS) is 15.6. The first-order valence-corrected chi connectivity index (χ1v) is 11.0. The average molecular weight is 478 g/mol. The van der Waals surface area contributed by atoms with Gasteiger partial charge in [-0.1, -0.05) is 18.2 Å². The Hall–Kier alpha value is -4.05. The smallest absolute Gasteiger partial charge is 0.338 e. The second kappa shape index (κ2) is 9.44. The van der Waals surface area contributed by atoms with E-state index in [2.05, 4.69) is 10.6 Å². The lowest BCUT2D eigenvalue weighted by atomic mass is 9.94. The van der Waals surface area contributed by atoms with Crippen molar-refractivity contribution in [2.75, 3.05) is 0 Å². The van der Waals surface area contributed by atoms with E-state index in [-0.39, 0.29) is 11.8 Å². The van der Waals surface area contributed by atoms with Crippen LogP contribution in [0, 0.1) is 10.1 Å². The Morgan fingerprint density at radius 2 is 1.85 bits per heavy atom. The van der Waals surface area contributed by atoms with Gasteiger partial charge in [-0.3, -0.25) is 10.1 Å². The molecule has 4 rings (SSSR count). The van der Waals surface area contributed by atoms with Crippen molar-refractivity contribution in [3.8, 4) is 16.9 Å². The molecule has 9 nitrogen and oxygen atoms in total. The minimum absolute atomic E-state index is 0.0223. The molecule has 0 amide bonds. The van der Waals surface area contributed by atoms with E-state index in [1.54, 1.807) is 37.6 Å². The van der Waals surface area contributed by atoms with Gasteiger partial charge >= 0.3 is 5.97 Å². The molecule has 2 N–H and O–H groups in total. The Morgan fingerprint density at radius 3 is 2.47 bits per heavy atom. The van der Waals surface area contributed by atoms with Gasteiger partial charge in [-0.15, -0.1) is 0 Å². The molecule has 1 aromatic heterocycles. The Morgan fingerprint density at radius 1 is 1.18 bits per heavy atom. The van der Waals surface area contributed by atoms with E-state index < -0.39 is 16.9 Å². The van der Waals surface area contributed by atoms with Crippen molar-refractivity contribution in [2.45, 2.75) is 32.9 Å². The molecule has 0 spiro atoms. The summed E-state index contributed by atoms with van der Waals surface area (Å²) in [5, 5.41) is 22.4. The first-order valence-electron chi connectivity index (χ1n) is 10.6. The molecule has 1 atom stereocenters. The molecule has 0 saturated carbocycles. The molecule has 1 aliphatic heterocycles. The van der Waals surface area contributed by atoms with E-state index in [1.807, 2.05) is 36.5 Å². The van der Waals surface area contributed by atoms with Crippen molar-refractivity contribution < 1.29 is 14.5 Å². The maximum absolute atomic E-state index is 13.0. The van der Waals surface area contributed by atoms with E-state index in [0.717, 1.165) is 5.69 Å². The van der Waals surface area contributed by atoms with E-state index in [1.165, 1.54) is 12.1 Å². The summed E-state index contributed by atoms with van der Waals surface area (Å²) in [6.45, 7) is 5.34. The molecule has 0 unspecified atom stereocenters. The molecular weight excluding hydrogens is 454 g/mol. The molecule has 0 radical (unpaired) electrons. The quantitative estimate of drug-likeness (QED) is 0.235. The maximum Gasteiger partial charge on any atom is 0.338 e. The van der Waals surface area contributed by atoms with Crippen LogP contribution in [0.1, 0.15) is 32.4 Å². The molecule has 2 aromatic carbocycles. The number of allylic oxidation sites excluding steroid dienone is 1. The summed E-state index contributed by atoms with van der Waals surface area (Å²) in [6.07, 6.45) is 1.52. The summed E-state index contributed by atoms with van der Waals surface area (Å²) in [7, 11) is 0. The fourth-order valence-corrected chi connectivity index (χ4v) is 4.02.